The van der Waals surface area contributed by atoms with Crippen molar-refractivity contribution < 1.29 is 9.90 Å². The van der Waals surface area contributed by atoms with Gasteiger partial charge in [0.2, 0.25) is 5.91 Å². The average Bonchev–Trinajstić information content (AvgIpc) is 2.54. The van der Waals surface area contributed by atoms with Gasteiger partial charge < -0.3 is 14.9 Å². The number of carbonyl (C=O) groups excluding carboxylic acids is 1. The molecule has 4 nitrogen and oxygen atoms in total. The maximum atomic E-state index is 11.4. The Bertz CT molecular complexity index is 619. The third kappa shape index (κ3) is 2.47. The van der Waals surface area contributed by atoms with E-state index in [-0.39, 0.29) is 5.91 Å². The number of aliphatic hydroxyl groups is 1. The van der Waals surface area contributed by atoms with Crippen LogP contribution in [0.4, 0.5) is 5.69 Å². The van der Waals surface area contributed by atoms with Crippen LogP contribution < -0.4 is 4.90 Å². The molecular formula is C16H18N2O2. The van der Waals surface area contributed by atoms with Gasteiger partial charge in [0, 0.05) is 31.9 Å². The average molecular weight is 270 g/mol. The lowest BCUT2D eigenvalue weighted by atomic mass is 10.1. The molecular weight excluding hydrogens is 252 g/mol. The van der Waals surface area contributed by atoms with Crippen LogP contribution >= 0.6 is 0 Å². The molecule has 1 fully saturated rings. The Labute approximate surface area is 118 Å². The summed E-state index contributed by atoms with van der Waals surface area (Å²) >= 11 is 0. The summed E-state index contributed by atoms with van der Waals surface area (Å²) in [7, 11) is 0. The molecule has 0 aromatic heterocycles. The molecule has 0 saturated carbocycles. The van der Waals surface area contributed by atoms with Crippen LogP contribution in [-0.4, -0.2) is 48.7 Å². The van der Waals surface area contributed by atoms with Crippen LogP contribution in [-0.2, 0) is 4.79 Å². The fourth-order valence-electron chi connectivity index (χ4n) is 2.69. The van der Waals surface area contributed by atoms with Gasteiger partial charge in [-0.1, -0.05) is 30.3 Å². The number of hydrogen-bond donors (Lipinski definition) is 1. The molecule has 0 bridgehead atoms. The van der Waals surface area contributed by atoms with Crippen molar-refractivity contribution in [3.8, 4) is 0 Å². The lowest BCUT2D eigenvalue weighted by molar-refractivity contribution is -0.134. The van der Waals surface area contributed by atoms with E-state index in [1.807, 2.05) is 12.1 Å². The Morgan fingerprint density at radius 2 is 1.70 bits per heavy atom. The van der Waals surface area contributed by atoms with Gasteiger partial charge in [-0.2, -0.15) is 0 Å². The van der Waals surface area contributed by atoms with Crippen molar-refractivity contribution in [2.24, 2.45) is 0 Å². The summed E-state index contributed by atoms with van der Waals surface area (Å²) < 4.78 is 0. The number of carbonyl (C=O) groups is 1. The van der Waals surface area contributed by atoms with Gasteiger partial charge in [-0.15, -0.1) is 0 Å². The summed E-state index contributed by atoms with van der Waals surface area (Å²) in [5.74, 6) is -0.178. The number of piperazine rings is 1. The molecule has 2 aromatic rings. The minimum atomic E-state index is -0.393. The summed E-state index contributed by atoms with van der Waals surface area (Å²) in [5, 5.41) is 11.4. The van der Waals surface area contributed by atoms with E-state index in [1.54, 1.807) is 4.90 Å². The van der Waals surface area contributed by atoms with Gasteiger partial charge in [-0.05, 0) is 22.9 Å². The summed E-state index contributed by atoms with van der Waals surface area (Å²) in [4.78, 5) is 15.4. The van der Waals surface area contributed by atoms with Gasteiger partial charge >= 0.3 is 0 Å². The monoisotopic (exact) mass is 270 g/mol. The van der Waals surface area contributed by atoms with Crippen LogP contribution in [0.5, 0.6) is 0 Å². The lowest BCUT2D eigenvalue weighted by Crippen LogP contribution is -2.49. The largest absolute Gasteiger partial charge is 0.387 e. The summed E-state index contributed by atoms with van der Waals surface area (Å²) in [5.41, 5.74) is 1.19. The molecule has 2 aromatic carbocycles. The van der Waals surface area contributed by atoms with E-state index in [9.17, 15) is 4.79 Å². The summed E-state index contributed by atoms with van der Waals surface area (Å²) in [6.07, 6.45) is 0. The maximum absolute atomic E-state index is 11.4. The Hall–Kier alpha value is -2.07. The van der Waals surface area contributed by atoms with Crippen LogP contribution in [0.25, 0.3) is 10.8 Å². The quantitative estimate of drug-likeness (QED) is 0.899. The molecule has 1 N–H and O–H groups in total. The maximum Gasteiger partial charge on any atom is 0.248 e. The molecule has 0 unspecified atom stereocenters. The zero-order chi connectivity index (χ0) is 13.9. The highest BCUT2D eigenvalue weighted by Gasteiger charge is 2.20. The molecule has 0 aliphatic carbocycles. The first-order chi connectivity index (χ1) is 9.78. The second-order valence-electron chi connectivity index (χ2n) is 5.06. The van der Waals surface area contributed by atoms with Crippen molar-refractivity contribution in [1.82, 2.24) is 4.90 Å². The molecule has 1 amide bonds. The smallest absolute Gasteiger partial charge is 0.248 e. The molecule has 1 aliphatic rings. The number of aliphatic hydroxyl groups excluding tert-OH is 1. The van der Waals surface area contributed by atoms with Crippen LogP contribution in [0.1, 0.15) is 0 Å². The van der Waals surface area contributed by atoms with Crippen molar-refractivity contribution in [2.45, 2.75) is 0 Å². The summed E-state index contributed by atoms with van der Waals surface area (Å²) in [6, 6.07) is 14.8. The van der Waals surface area contributed by atoms with E-state index in [1.165, 1.54) is 16.5 Å². The minimum Gasteiger partial charge on any atom is -0.387 e. The third-order valence-electron chi connectivity index (χ3n) is 3.87. The molecule has 20 heavy (non-hydrogen) atoms. The van der Waals surface area contributed by atoms with Crippen molar-refractivity contribution in [3.63, 3.8) is 0 Å². The van der Waals surface area contributed by atoms with Gasteiger partial charge in [0.05, 0.1) is 0 Å². The fraction of sp³-hybridized carbons (Fsp3) is 0.312. The van der Waals surface area contributed by atoms with Crippen molar-refractivity contribution >= 4 is 22.4 Å². The third-order valence-corrected chi connectivity index (χ3v) is 3.87. The van der Waals surface area contributed by atoms with Crippen LogP contribution in [0.2, 0.25) is 0 Å². The highest BCUT2D eigenvalue weighted by Crippen LogP contribution is 2.23. The molecule has 3 rings (SSSR count). The SMILES string of the molecule is O=C(CO)N1CCN(c2ccc3ccccc3c2)CC1. The van der Waals surface area contributed by atoms with E-state index in [0.29, 0.717) is 13.1 Å². The topological polar surface area (TPSA) is 43.8 Å². The number of anilines is 1. The van der Waals surface area contributed by atoms with E-state index >= 15 is 0 Å². The van der Waals surface area contributed by atoms with Gasteiger partial charge in [-0.25, -0.2) is 0 Å². The van der Waals surface area contributed by atoms with Gasteiger partial charge in [0.15, 0.2) is 0 Å². The van der Waals surface area contributed by atoms with Crippen molar-refractivity contribution in [2.75, 3.05) is 37.7 Å². The number of rotatable bonds is 2. The normalized spacial score (nSPS) is 15.7. The highest BCUT2D eigenvalue weighted by atomic mass is 16.3. The molecule has 104 valence electrons. The molecule has 0 radical (unpaired) electrons. The van der Waals surface area contributed by atoms with Crippen molar-refractivity contribution in [3.05, 3.63) is 42.5 Å². The lowest BCUT2D eigenvalue weighted by Gasteiger charge is -2.36. The molecule has 1 heterocycles. The number of amides is 1. The standard InChI is InChI=1S/C16H18N2O2/c19-12-16(20)18-9-7-17(8-10-18)15-6-5-13-3-1-2-4-14(13)11-15/h1-6,11,19H,7-10,12H2. The van der Waals surface area contributed by atoms with Crippen LogP contribution in [0.3, 0.4) is 0 Å². The van der Waals surface area contributed by atoms with Gasteiger partial charge in [-0.3, -0.25) is 4.79 Å². The van der Waals surface area contributed by atoms with E-state index in [2.05, 4.69) is 35.2 Å². The van der Waals surface area contributed by atoms with Gasteiger partial charge in [0.1, 0.15) is 6.61 Å². The molecule has 1 saturated heterocycles. The minimum absolute atomic E-state index is 0.178. The number of nitrogens with zero attached hydrogens (tertiary/aromatic N) is 2. The Balaban J connectivity index is 1.75. The predicted molar refractivity (Wildman–Crippen MR) is 79.8 cm³/mol. The number of hydrogen-bond acceptors (Lipinski definition) is 3. The molecule has 4 heteroatoms. The first kappa shape index (κ1) is 12.9. The van der Waals surface area contributed by atoms with Crippen LogP contribution in [0.15, 0.2) is 42.5 Å². The Kier molecular flexibility index (Phi) is 3.56. The number of benzene rings is 2. The predicted octanol–water partition coefficient (Wildman–Crippen LogP) is 1.48. The summed E-state index contributed by atoms with van der Waals surface area (Å²) in [6.45, 7) is 2.57. The van der Waals surface area contributed by atoms with Crippen LogP contribution in [0, 0.1) is 0 Å². The second kappa shape index (κ2) is 5.51. The molecule has 0 spiro atoms. The van der Waals surface area contributed by atoms with E-state index in [0.717, 1.165) is 13.1 Å². The number of fused-ring (bicyclic) bond motifs is 1. The Morgan fingerprint density at radius 1 is 1.00 bits per heavy atom. The highest BCUT2D eigenvalue weighted by molar-refractivity contribution is 5.86. The Morgan fingerprint density at radius 3 is 2.40 bits per heavy atom. The molecule has 0 atom stereocenters. The van der Waals surface area contributed by atoms with E-state index in [4.69, 9.17) is 5.11 Å². The molecule has 1 aliphatic heterocycles. The second-order valence-corrected chi connectivity index (χ2v) is 5.06. The zero-order valence-corrected chi connectivity index (χ0v) is 11.3. The first-order valence-electron chi connectivity index (χ1n) is 6.90. The zero-order valence-electron chi connectivity index (χ0n) is 11.3. The van der Waals surface area contributed by atoms with Gasteiger partial charge in [0.25, 0.3) is 0 Å². The van der Waals surface area contributed by atoms with Crippen molar-refractivity contribution in [1.29, 1.82) is 0 Å². The first-order valence-corrected chi connectivity index (χ1v) is 6.90. The van der Waals surface area contributed by atoms with E-state index < -0.39 is 6.61 Å². The fourth-order valence-corrected chi connectivity index (χ4v) is 2.69.